The minimum absolute atomic E-state index is 0.323. The Bertz CT molecular complexity index is 363. The standard InChI is InChI=1S/C14H24N4/c1-4-12-10-13(5-2)17-14(16-12)11(3)18-8-6-15-7-9-18/h10-11,15H,4-9H2,1-3H3. The Morgan fingerprint density at radius 3 is 2.22 bits per heavy atom. The molecular formula is C14H24N4. The van der Waals surface area contributed by atoms with E-state index in [2.05, 4.69) is 37.1 Å². The van der Waals surface area contributed by atoms with E-state index < -0.39 is 0 Å². The summed E-state index contributed by atoms with van der Waals surface area (Å²) < 4.78 is 0. The van der Waals surface area contributed by atoms with Crippen LogP contribution in [0.15, 0.2) is 6.07 Å². The number of aromatic nitrogens is 2. The highest BCUT2D eigenvalue weighted by molar-refractivity contribution is 5.13. The lowest BCUT2D eigenvalue weighted by Crippen LogP contribution is -2.44. The Kier molecular flexibility index (Phi) is 4.66. The van der Waals surface area contributed by atoms with Gasteiger partial charge in [-0.15, -0.1) is 0 Å². The van der Waals surface area contributed by atoms with E-state index in [9.17, 15) is 0 Å². The van der Waals surface area contributed by atoms with Crippen LogP contribution < -0.4 is 5.32 Å². The molecule has 1 unspecified atom stereocenters. The van der Waals surface area contributed by atoms with Gasteiger partial charge in [0.1, 0.15) is 5.82 Å². The fourth-order valence-corrected chi connectivity index (χ4v) is 2.36. The third-order valence-electron chi connectivity index (χ3n) is 3.65. The van der Waals surface area contributed by atoms with E-state index in [0.29, 0.717) is 6.04 Å². The smallest absolute Gasteiger partial charge is 0.145 e. The van der Waals surface area contributed by atoms with Gasteiger partial charge in [-0.1, -0.05) is 13.8 Å². The van der Waals surface area contributed by atoms with E-state index in [0.717, 1.165) is 44.8 Å². The highest BCUT2D eigenvalue weighted by atomic mass is 15.2. The number of aryl methyl sites for hydroxylation is 2. The molecular weight excluding hydrogens is 224 g/mol. The number of nitrogens with zero attached hydrogens (tertiary/aromatic N) is 3. The summed E-state index contributed by atoms with van der Waals surface area (Å²) in [5, 5.41) is 3.38. The zero-order valence-electron chi connectivity index (χ0n) is 11.7. The van der Waals surface area contributed by atoms with Crippen LogP contribution in [0.2, 0.25) is 0 Å². The molecule has 0 aromatic carbocycles. The van der Waals surface area contributed by atoms with Crippen LogP contribution in [0.3, 0.4) is 0 Å². The van der Waals surface area contributed by atoms with E-state index in [4.69, 9.17) is 9.97 Å². The quantitative estimate of drug-likeness (QED) is 0.878. The van der Waals surface area contributed by atoms with E-state index in [1.165, 1.54) is 11.4 Å². The molecule has 2 heterocycles. The summed E-state index contributed by atoms with van der Waals surface area (Å²) >= 11 is 0. The third-order valence-corrected chi connectivity index (χ3v) is 3.65. The highest BCUT2D eigenvalue weighted by Crippen LogP contribution is 2.18. The lowest BCUT2D eigenvalue weighted by Gasteiger charge is -2.32. The van der Waals surface area contributed by atoms with Crippen LogP contribution in [0.25, 0.3) is 0 Å². The van der Waals surface area contributed by atoms with Crippen LogP contribution in [0, 0.1) is 0 Å². The summed E-state index contributed by atoms with van der Waals surface area (Å²) in [4.78, 5) is 11.9. The first-order chi connectivity index (χ1) is 8.74. The maximum Gasteiger partial charge on any atom is 0.145 e. The topological polar surface area (TPSA) is 41.1 Å². The Hall–Kier alpha value is -1.00. The number of hydrogen-bond donors (Lipinski definition) is 1. The minimum Gasteiger partial charge on any atom is -0.314 e. The van der Waals surface area contributed by atoms with Crippen molar-refractivity contribution >= 4 is 0 Å². The summed E-state index contributed by atoms with van der Waals surface area (Å²) in [7, 11) is 0. The highest BCUT2D eigenvalue weighted by Gasteiger charge is 2.20. The number of rotatable bonds is 4. The van der Waals surface area contributed by atoms with E-state index in [-0.39, 0.29) is 0 Å². The summed E-state index contributed by atoms with van der Waals surface area (Å²) in [6.07, 6.45) is 1.97. The number of nitrogens with one attached hydrogen (secondary N) is 1. The Balaban J connectivity index is 2.19. The molecule has 4 nitrogen and oxygen atoms in total. The van der Waals surface area contributed by atoms with Gasteiger partial charge in [0.25, 0.3) is 0 Å². The fourth-order valence-electron chi connectivity index (χ4n) is 2.36. The predicted molar refractivity (Wildman–Crippen MR) is 73.6 cm³/mol. The van der Waals surface area contributed by atoms with Crippen LogP contribution in [0.5, 0.6) is 0 Å². The molecule has 1 aromatic rings. The molecule has 0 bridgehead atoms. The van der Waals surface area contributed by atoms with Gasteiger partial charge in [0.05, 0.1) is 6.04 Å². The van der Waals surface area contributed by atoms with Crippen molar-refractivity contribution in [2.24, 2.45) is 0 Å². The van der Waals surface area contributed by atoms with Gasteiger partial charge in [0, 0.05) is 37.6 Å². The largest absolute Gasteiger partial charge is 0.314 e. The van der Waals surface area contributed by atoms with Crippen molar-refractivity contribution in [3.8, 4) is 0 Å². The Morgan fingerprint density at radius 1 is 1.17 bits per heavy atom. The molecule has 0 spiro atoms. The van der Waals surface area contributed by atoms with Crippen molar-refractivity contribution in [1.29, 1.82) is 0 Å². The molecule has 1 saturated heterocycles. The van der Waals surface area contributed by atoms with Crippen molar-refractivity contribution < 1.29 is 0 Å². The summed E-state index contributed by atoms with van der Waals surface area (Å²) in [6, 6.07) is 2.46. The van der Waals surface area contributed by atoms with E-state index in [1.807, 2.05) is 0 Å². The van der Waals surface area contributed by atoms with Crippen molar-refractivity contribution in [1.82, 2.24) is 20.2 Å². The molecule has 0 saturated carbocycles. The third kappa shape index (κ3) is 3.06. The van der Waals surface area contributed by atoms with Gasteiger partial charge >= 0.3 is 0 Å². The lowest BCUT2D eigenvalue weighted by molar-refractivity contribution is 0.178. The normalized spacial score (nSPS) is 18.8. The molecule has 1 aliphatic heterocycles. The number of hydrogen-bond acceptors (Lipinski definition) is 4. The van der Waals surface area contributed by atoms with Crippen molar-refractivity contribution in [3.63, 3.8) is 0 Å². The zero-order chi connectivity index (χ0) is 13.0. The Labute approximate surface area is 110 Å². The molecule has 1 aromatic heterocycles. The molecule has 1 fully saturated rings. The molecule has 0 aliphatic carbocycles. The second-order valence-electron chi connectivity index (χ2n) is 4.88. The maximum absolute atomic E-state index is 4.70. The lowest BCUT2D eigenvalue weighted by atomic mass is 10.2. The molecule has 2 rings (SSSR count). The van der Waals surface area contributed by atoms with Crippen LogP contribution in [0.4, 0.5) is 0 Å². The SMILES string of the molecule is CCc1cc(CC)nc(C(C)N2CCNCC2)n1. The molecule has 0 radical (unpaired) electrons. The van der Waals surface area contributed by atoms with Gasteiger partial charge in [-0.2, -0.15) is 0 Å². The monoisotopic (exact) mass is 248 g/mol. The van der Waals surface area contributed by atoms with Crippen LogP contribution in [-0.2, 0) is 12.8 Å². The second kappa shape index (κ2) is 6.25. The molecule has 1 N–H and O–H groups in total. The van der Waals surface area contributed by atoms with Gasteiger partial charge in [0.15, 0.2) is 0 Å². The fraction of sp³-hybridized carbons (Fsp3) is 0.714. The van der Waals surface area contributed by atoms with E-state index >= 15 is 0 Å². The van der Waals surface area contributed by atoms with Gasteiger partial charge in [0.2, 0.25) is 0 Å². The molecule has 0 amide bonds. The summed E-state index contributed by atoms with van der Waals surface area (Å²) in [6.45, 7) is 10.8. The van der Waals surface area contributed by atoms with Crippen LogP contribution in [0.1, 0.15) is 44.0 Å². The van der Waals surface area contributed by atoms with Crippen molar-refractivity contribution in [2.45, 2.75) is 39.7 Å². The first-order valence-electron chi connectivity index (χ1n) is 7.06. The molecule has 100 valence electrons. The van der Waals surface area contributed by atoms with Gasteiger partial charge < -0.3 is 5.32 Å². The minimum atomic E-state index is 0.323. The summed E-state index contributed by atoms with van der Waals surface area (Å²) in [5.41, 5.74) is 2.33. The van der Waals surface area contributed by atoms with Gasteiger partial charge in [-0.05, 0) is 25.8 Å². The second-order valence-corrected chi connectivity index (χ2v) is 4.88. The zero-order valence-corrected chi connectivity index (χ0v) is 11.7. The average molecular weight is 248 g/mol. The van der Waals surface area contributed by atoms with Crippen LogP contribution >= 0.6 is 0 Å². The summed E-state index contributed by atoms with van der Waals surface area (Å²) in [5.74, 6) is 0.994. The van der Waals surface area contributed by atoms with Crippen LogP contribution in [-0.4, -0.2) is 41.0 Å². The molecule has 4 heteroatoms. The first kappa shape index (κ1) is 13.4. The van der Waals surface area contributed by atoms with Crippen molar-refractivity contribution in [3.05, 3.63) is 23.3 Å². The predicted octanol–water partition coefficient (Wildman–Crippen LogP) is 1.57. The van der Waals surface area contributed by atoms with E-state index in [1.54, 1.807) is 0 Å². The van der Waals surface area contributed by atoms with Crippen molar-refractivity contribution in [2.75, 3.05) is 26.2 Å². The maximum atomic E-state index is 4.70. The average Bonchev–Trinajstić information content (AvgIpc) is 2.46. The molecule has 18 heavy (non-hydrogen) atoms. The van der Waals surface area contributed by atoms with Gasteiger partial charge in [-0.25, -0.2) is 9.97 Å². The van der Waals surface area contributed by atoms with Gasteiger partial charge in [-0.3, -0.25) is 4.90 Å². The molecule has 1 aliphatic rings. The Morgan fingerprint density at radius 2 is 1.72 bits per heavy atom. The molecule has 1 atom stereocenters. The first-order valence-corrected chi connectivity index (χ1v) is 7.06. The number of piperazine rings is 1.